The first-order valence-corrected chi connectivity index (χ1v) is 5.05. The number of halogens is 1. The average Bonchev–Trinajstić information content (AvgIpc) is 2.17. The maximum atomic E-state index is 9.66. The zero-order chi connectivity index (χ0) is 10.7. The second-order valence-electron chi connectivity index (χ2n) is 3.07. The molecule has 0 aliphatic rings. The Kier molecular flexibility index (Phi) is 3.92. The predicted molar refractivity (Wildman–Crippen MR) is 57.3 cm³/mol. The fourth-order valence-corrected chi connectivity index (χ4v) is 1.62. The molecule has 4 heteroatoms. The lowest BCUT2D eigenvalue weighted by Gasteiger charge is -2.16. The summed E-state index contributed by atoms with van der Waals surface area (Å²) in [5.41, 5.74) is 0.624. The van der Waals surface area contributed by atoms with Crippen molar-refractivity contribution in [3.05, 3.63) is 28.2 Å². The van der Waals surface area contributed by atoms with Gasteiger partial charge in [-0.1, -0.05) is 15.9 Å². The zero-order valence-electron chi connectivity index (χ0n) is 8.07. The number of aliphatic hydroxyl groups excluding tert-OH is 2. The van der Waals surface area contributed by atoms with Gasteiger partial charge < -0.3 is 14.9 Å². The summed E-state index contributed by atoms with van der Waals surface area (Å²) in [7, 11) is 1.56. The minimum absolute atomic E-state index is 0.624. The van der Waals surface area contributed by atoms with Crippen LogP contribution in [0.15, 0.2) is 22.7 Å². The average molecular weight is 261 g/mol. The van der Waals surface area contributed by atoms with E-state index in [1.54, 1.807) is 25.3 Å². The molecule has 0 bridgehead atoms. The minimum Gasteiger partial charge on any atom is -0.497 e. The summed E-state index contributed by atoms with van der Waals surface area (Å²) in [6.45, 7) is 1.54. The Hall–Kier alpha value is -0.580. The van der Waals surface area contributed by atoms with Crippen LogP contribution in [0.2, 0.25) is 0 Å². The standard InChI is InChI=1S/C10H13BrO3/c1-6(12)10(13)8-5-7(14-2)3-4-9(8)11/h3-6,10,12-13H,1-2H3/t6-,10+/m0/s1. The Labute approximate surface area is 91.5 Å². The van der Waals surface area contributed by atoms with Gasteiger partial charge in [0.2, 0.25) is 0 Å². The van der Waals surface area contributed by atoms with E-state index >= 15 is 0 Å². The highest BCUT2D eigenvalue weighted by atomic mass is 79.9. The van der Waals surface area contributed by atoms with E-state index in [4.69, 9.17) is 4.74 Å². The molecule has 0 aromatic heterocycles. The second kappa shape index (κ2) is 4.77. The first-order valence-electron chi connectivity index (χ1n) is 4.26. The van der Waals surface area contributed by atoms with Gasteiger partial charge in [0, 0.05) is 10.0 Å². The van der Waals surface area contributed by atoms with Gasteiger partial charge in [-0.05, 0) is 25.1 Å². The van der Waals surface area contributed by atoms with Crippen molar-refractivity contribution in [3.63, 3.8) is 0 Å². The summed E-state index contributed by atoms with van der Waals surface area (Å²) in [4.78, 5) is 0. The Balaban J connectivity index is 3.05. The van der Waals surface area contributed by atoms with E-state index in [1.165, 1.54) is 6.92 Å². The number of rotatable bonds is 3. The van der Waals surface area contributed by atoms with Crippen LogP contribution >= 0.6 is 15.9 Å². The topological polar surface area (TPSA) is 49.7 Å². The highest BCUT2D eigenvalue weighted by Crippen LogP contribution is 2.29. The molecule has 0 saturated heterocycles. The van der Waals surface area contributed by atoms with Gasteiger partial charge in [0.05, 0.1) is 13.2 Å². The van der Waals surface area contributed by atoms with E-state index in [9.17, 15) is 10.2 Å². The summed E-state index contributed by atoms with van der Waals surface area (Å²) in [5, 5.41) is 18.9. The van der Waals surface area contributed by atoms with Gasteiger partial charge in [-0.25, -0.2) is 0 Å². The molecule has 0 radical (unpaired) electrons. The summed E-state index contributed by atoms with van der Waals surface area (Å²) >= 11 is 3.30. The first-order chi connectivity index (χ1) is 6.56. The lowest BCUT2D eigenvalue weighted by atomic mass is 10.1. The van der Waals surface area contributed by atoms with E-state index in [1.807, 2.05) is 0 Å². The number of methoxy groups -OCH3 is 1. The molecule has 0 spiro atoms. The Morgan fingerprint density at radius 1 is 1.36 bits per heavy atom. The molecule has 2 atom stereocenters. The molecule has 0 heterocycles. The van der Waals surface area contributed by atoms with Crippen LogP contribution in [0.3, 0.4) is 0 Å². The van der Waals surface area contributed by atoms with Crippen LogP contribution in [-0.2, 0) is 0 Å². The largest absolute Gasteiger partial charge is 0.497 e. The highest BCUT2D eigenvalue weighted by Gasteiger charge is 2.17. The fourth-order valence-electron chi connectivity index (χ4n) is 1.14. The van der Waals surface area contributed by atoms with Crippen molar-refractivity contribution in [3.8, 4) is 5.75 Å². The normalized spacial score (nSPS) is 14.9. The minimum atomic E-state index is -0.903. The molecule has 1 aromatic carbocycles. The SMILES string of the molecule is COc1ccc(Br)c([C@H](O)[C@H](C)O)c1. The molecule has 3 nitrogen and oxygen atoms in total. The van der Waals surface area contributed by atoms with Crippen molar-refractivity contribution < 1.29 is 14.9 Å². The van der Waals surface area contributed by atoms with E-state index < -0.39 is 12.2 Å². The molecule has 0 fully saturated rings. The molecule has 14 heavy (non-hydrogen) atoms. The van der Waals surface area contributed by atoms with E-state index in [0.29, 0.717) is 11.3 Å². The van der Waals surface area contributed by atoms with E-state index in [0.717, 1.165) is 4.47 Å². The summed E-state index contributed by atoms with van der Waals surface area (Å²) in [5.74, 6) is 0.655. The van der Waals surface area contributed by atoms with Crippen LogP contribution in [0.5, 0.6) is 5.75 Å². The molecule has 2 N–H and O–H groups in total. The number of benzene rings is 1. The third-order valence-electron chi connectivity index (χ3n) is 1.98. The summed E-state index contributed by atoms with van der Waals surface area (Å²) in [6.07, 6.45) is -1.71. The van der Waals surface area contributed by atoms with Gasteiger partial charge in [0.15, 0.2) is 0 Å². The van der Waals surface area contributed by atoms with E-state index in [-0.39, 0.29) is 0 Å². The third-order valence-corrected chi connectivity index (χ3v) is 2.70. The van der Waals surface area contributed by atoms with Crippen molar-refractivity contribution in [1.82, 2.24) is 0 Å². The zero-order valence-corrected chi connectivity index (χ0v) is 9.65. The second-order valence-corrected chi connectivity index (χ2v) is 3.93. The van der Waals surface area contributed by atoms with Crippen LogP contribution < -0.4 is 4.74 Å². The van der Waals surface area contributed by atoms with Crippen LogP contribution in [0, 0.1) is 0 Å². The molecule has 1 rings (SSSR count). The Bertz CT molecular complexity index is 312. The fraction of sp³-hybridized carbons (Fsp3) is 0.400. The van der Waals surface area contributed by atoms with Gasteiger partial charge in [-0.15, -0.1) is 0 Å². The predicted octanol–water partition coefficient (Wildman–Crippen LogP) is 1.87. The third kappa shape index (κ3) is 2.47. The van der Waals surface area contributed by atoms with Crippen LogP contribution in [0.25, 0.3) is 0 Å². The number of aliphatic hydroxyl groups is 2. The van der Waals surface area contributed by atoms with Gasteiger partial charge >= 0.3 is 0 Å². The van der Waals surface area contributed by atoms with Crippen molar-refractivity contribution in [2.75, 3.05) is 7.11 Å². The van der Waals surface area contributed by atoms with Crippen LogP contribution in [0.1, 0.15) is 18.6 Å². The Morgan fingerprint density at radius 3 is 2.50 bits per heavy atom. The first kappa shape index (κ1) is 11.5. The molecule has 0 amide bonds. The van der Waals surface area contributed by atoms with Gasteiger partial charge in [-0.3, -0.25) is 0 Å². The summed E-state index contributed by atoms with van der Waals surface area (Å²) < 4.78 is 5.78. The highest BCUT2D eigenvalue weighted by molar-refractivity contribution is 9.10. The van der Waals surface area contributed by atoms with Gasteiger partial charge in [0.1, 0.15) is 11.9 Å². The number of hydrogen-bond acceptors (Lipinski definition) is 3. The lowest BCUT2D eigenvalue weighted by Crippen LogP contribution is -2.14. The number of hydrogen-bond donors (Lipinski definition) is 2. The molecule has 78 valence electrons. The van der Waals surface area contributed by atoms with Crippen molar-refractivity contribution in [2.24, 2.45) is 0 Å². The smallest absolute Gasteiger partial charge is 0.119 e. The van der Waals surface area contributed by atoms with Crippen molar-refractivity contribution in [2.45, 2.75) is 19.1 Å². The molecule has 1 aromatic rings. The van der Waals surface area contributed by atoms with E-state index in [2.05, 4.69) is 15.9 Å². The molecule has 0 saturated carbocycles. The maximum Gasteiger partial charge on any atom is 0.119 e. The summed E-state index contributed by atoms with van der Waals surface area (Å²) in [6, 6.07) is 5.25. The molecular weight excluding hydrogens is 248 g/mol. The molecular formula is C10H13BrO3. The monoisotopic (exact) mass is 260 g/mol. The van der Waals surface area contributed by atoms with Crippen molar-refractivity contribution >= 4 is 15.9 Å². The number of ether oxygens (including phenoxy) is 1. The Morgan fingerprint density at radius 2 is 2.00 bits per heavy atom. The van der Waals surface area contributed by atoms with Gasteiger partial charge in [0.25, 0.3) is 0 Å². The molecule has 0 aliphatic heterocycles. The van der Waals surface area contributed by atoms with Crippen molar-refractivity contribution in [1.29, 1.82) is 0 Å². The molecule has 0 aliphatic carbocycles. The molecule has 0 unspecified atom stereocenters. The van der Waals surface area contributed by atoms with Gasteiger partial charge in [-0.2, -0.15) is 0 Å². The van der Waals surface area contributed by atoms with Crippen LogP contribution in [0.4, 0.5) is 0 Å². The van der Waals surface area contributed by atoms with Crippen LogP contribution in [-0.4, -0.2) is 23.4 Å². The maximum absolute atomic E-state index is 9.66. The quantitative estimate of drug-likeness (QED) is 0.873. The lowest BCUT2D eigenvalue weighted by molar-refractivity contribution is 0.0300.